The maximum atomic E-state index is 2.42. The van der Waals surface area contributed by atoms with E-state index in [4.69, 9.17) is 0 Å². The molecule has 0 N–H and O–H groups in total. The number of hydrogen-bond donors (Lipinski definition) is 0. The van der Waals surface area contributed by atoms with Crippen LogP contribution in [0.15, 0.2) is 166 Å². The average Bonchev–Trinajstić information content (AvgIpc) is 3.47. The van der Waals surface area contributed by atoms with Crippen LogP contribution in [0.25, 0.3) is 0 Å². The van der Waals surface area contributed by atoms with E-state index in [0.29, 0.717) is 10.9 Å². The summed E-state index contributed by atoms with van der Waals surface area (Å²) in [4.78, 5) is 4.36. The van der Waals surface area contributed by atoms with Gasteiger partial charge in [-0.2, -0.15) is 0 Å². The number of rotatable bonds is 6. The van der Waals surface area contributed by atoms with Crippen molar-refractivity contribution in [2.45, 2.75) is 218 Å². The van der Waals surface area contributed by atoms with Gasteiger partial charge < -0.3 is 0 Å². The molecule has 1 saturated carbocycles. The first kappa shape index (κ1) is 82.0. The van der Waals surface area contributed by atoms with Crippen LogP contribution in [-0.4, -0.2) is 25.0 Å². The van der Waals surface area contributed by atoms with Crippen molar-refractivity contribution in [1.82, 2.24) is 0 Å². The van der Waals surface area contributed by atoms with E-state index in [-0.39, 0.29) is 10.9 Å². The molecule has 0 nitrogen and oxygen atoms in total. The van der Waals surface area contributed by atoms with E-state index in [1.165, 1.54) is 52.8 Å². The van der Waals surface area contributed by atoms with Crippen molar-refractivity contribution in [3.8, 4) is 0 Å². The predicted molar refractivity (Wildman–Crippen MR) is 322 cm³/mol. The molecule has 375 valence electrons. The van der Waals surface area contributed by atoms with Crippen molar-refractivity contribution in [3.63, 3.8) is 0 Å². The largest absolute Gasteiger partial charge is 0.191 e. The zero-order chi connectivity index (χ0) is 52.5. The second kappa shape index (κ2) is 81.1. The summed E-state index contributed by atoms with van der Waals surface area (Å²) in [5, 5.41) is 0.964. The zero-order valence-electron chi connectivity index (χ0n) is 48.4. The van der Waals surface area contributed by atoms with E-state index in [0.717, 1.165) is 5.25 Å². The average molecular weight is 935 g/mol. The Hall–Kier alpha value is -3.14. The Morgan fingerprint density at radius 1 is 0.292 bits per heavy atom. The van der Waals surface area contributed by atoms with Gasteiger partial charge in [0.15, 0.2) is 22.0 Å². The molecular formula is C62H114BS2+2. The van der Waals surface area contributed by atoms with E-state index in [1.54, 1.807) is 4.90 Å². The molecule has 0 saturated heterocycles. The molecule has 1 aliphatic rings. The molecule has 0 bridgehead atoms. The lowest BCUT2D eigenvalue weighted by atomic mass is 9.64. The minimum Gasteiger partial charge on any atom is -0.0814 e. The zero-order valence-corrected chi connectivity index (χ0v) is 50.1. The molecule has 65 heavy (non-hydrogen) atoms. The Morgan fingerprint density at radius 2 is 0.508 bits per heavy atom. The Balaban J connectivity index is -0.0000000838. The van der Waals surface area contributed by atoms with Gasteiger partial charge in [-0.25, -0.2) is 0 Å². The van der Waals surface area contributed by atoms with Crippen LogP contribution in [0.3, 0.4) is 0 Å². The molecule has 5 aromatic rings. The molecular weight excluding hydrogens is 820 g/mol. The monoisotopic (exact) mass is 934 g/mol. The van der Waals surface area contributed by atoms with Crippen LogP contribution in [0, 0.1) is 0 Å². The van der Waals surface area contributed by atoms with Gasteiger partial charge in [-0.3, -0.25) is 0 Å². The highest BCUT2D eigenvalue weighted by atomic mass is 32.2. The molecule has 1 atom stereocenters. The van der Waals surface area contributed by atoms with Gasteiger partial charge in [-0.15, -0.1) is 0 Å². The van der Waals surface area contributed by atoms with E-state index >= 15 is 0 Å². The van der Waals surface area contributed by atoms with Gasteiger partial charge in [0, 0.05) is 10.9 Å². The lowest BCUT2D eigenvalue weighted by Crippen LogP contribution is -2.26. The maximum absolute atomic E-state index is 2.42. The Bertz CT molecular complexity index is 1270. The Kier molecular flexibility index (Phi) is 102. The molecule has 1 fully saturated rings. The lowest BCUT2D eigenvalue weighted by Gasteiger charge is -2.20. The molecule has 3 heteroatoms. The second-order valence-electron chi connectivity index (χ2n) is 10.2. The third kappa shape index (κ3) is 50.1. The van der Waals surface area contributed by atoms with Crippen LogP contribution >= 0.6 is 0 Å². The Labute approximate surface area is 420 Å². The van der Waals surface area contributed by atoms with E-state index in [9.17, 15) is 0 Å². The minimum absolute atomic E-state index is 0.203. The topological polar surface area (TPSA) is 0 Å². The third-order valence-corrected chi connectivity index (χ3v) is 11.7. The van der Waals surface area contributed by atoms with Gasteiger partial charge in [-0.1, -0.05) is 299 Å². The smallest absolute Gasteiger partial charge is 0.0814 e. The summed E-state index contributed by atoms with van der Waals surface area (Å²) < 4.78 is 0. The predicted octanol–water partition coefficient (Wildman–Crippen LogP) is 20.6. The lowest BCUT2D eigenvalue weighted by molar-refractivity contribution is 0.513. The quantitative estimate of drug-likeness (QED) is 0.118. The van der Waals surface area contributed by atoms with Crippen LogP contribution in [0.2, 0.25) is 0 Å². The highest BCUT2D eigenvalue weighted by Crippen LogP contribution is 2.28. The summed E-state index contributed by atoms with van der Waals surface area (Å²) >= 11 is 0. The van der Waals surface area contributed by atoms with Gasteiger partial charge in [0.25, 0.3) is 0 Å². The molecule has 0 heterocycles. The molecule has 1 radical (unpaired) electrons. The molecule has 6 rings (SSSR count). The van der Waals surface area contributed by atoms with E-state index in [1.807, 2.05) is 178 Å². The van der Waals surface area contributed by atoms with E-state index < -0.39 is 0 Å². The van der Waals surface area contributed by atoms with Crippen molar-refractivity contribution in [2.75, 3.05) is 12.5 Å². The summed E-state index contributed by atoms with van der Waals surface area (Å²) in [6.07, 6.45) is 12.0. The van der Waals surface area contributed by atoms with Gasteiger partial charge in [0.2, 0.25) is 0 Å². The molecule has 5 aromatic carbocycles. The van der Waals surface area contributed by atoms with E-state index in [2.05, 4.69) is 159 Å². The summed E-state index contributed by atoms with van der Waals surface area (Å²) in [5.74, 6) is 0. The van der Waals surface area contributed by atoms with Crippen LogP contribution in [0.5, 0.6) is 0 Å². The highest BCUT2D eigenvalue weighted by Gasteiger charge is 2.29. The van der Waals surface area contributed by atoms with Crippen molar-refractivity contribution < 1.29 is 0 Å². The van der Waals surface area contributed by atoms with Crippen molar-refractivity contribution in [1.29, 1.82) is 0 Å². The number of benzene rings is 5. The SMILES string of the molecule is CC.CC.CC.CC.CC.CC.CC.CC.CC.CC.CC.CC.C[S+](c1ccccc1)C1CCCCC1.C[S+](c1ccccc1)c1ccccc1.[B](c1ccccc1)c1ccccc1. The molecule has 1 unspecified atom stereocenters. The third-order valence-electron chi connectivity index (χ3n) is 7.29. The molecule has 0 aliphatic heterocycles. The molecule has 1 aliphatic carbocycles. The van der Waals surface area contributed by atoms with Gasteiger partial charge in [0.05, 0.1) is 10.9 Å². The normalized spacial score (nSPS) is 9.71. The minimum atomic E-state index is 0.203. The second-order valence-corrected chi connectivity index (χ2v) is 14.4. The fraction of sp³-hybridized carbons (Fsp3) is 0.516. The molecule has 0 aromatic heterocycles. The van der Waals surface area contributed by atoms with Gasteiger partial charge in [-0.05, 0) is 62.1 Å². The standard InChI is InChI=1S/C13H19S.C13H13S.C12H10B.12C2H6/c2*1-14(12-8-4-2-5-9-12)13-10-6-3-7-11-13;1-3-7-11(8-4-1)13-12-9-5-2-6-10-12;12*1-2/h2,4-5,8-9,13H,3,6-7,10-11H2,1H3;2-11H,1H3;1-10H;12*1-2H3/q2*+1;;;;;;;;;;;;;. The van der Waals surface area contributed by atoms with Crippen molar-refractivity contribution in [3.05, 3.63) is 152 Å². The van der Waals surface area contributed by atoms with Crippen LogP contribution in [-0.2, 0) is 21.8 Å². The van der Waals surface area contributed by atoms with Crippen LogP contribution in [0.4, 0.5) is 0 Å². The fourth-order valence-corrected chi connectivity index (χ4v) is 8.34. The highest BCUT2D eigenvalue weighted by molar-refractivity contribution is 7.97. The van der Waals surface area contributed by atoms with Crippen molar-refractivity contribution >= 4 is 40.0 Å². The summed E-state index contributed by atoms with van der Waals surface area (Å²) in [7, 11) is 2.85. The molecule has 0 spiro atoms. The first-order chi connectivity index (χ1) is 32.2. The first-order valence-corrected chi connectivity index (χ1v) is 29.9. The van der Waals surface area contributed by atoms with Crippen LogP contribution < -0.4 is 10.9 Å². The molecule has 0 amide bonds. The number of hydrogen-bond acceptors (Lipinski definition) is 0. The summed E-state index contributed by atoms with van der Waals surface area (Å²) in [6.45, 7) is 48.0. The van der Waals surface area contributed by atoms with Gasteiger partial charge >= 0.3 is 0 Å². The van der Waals surface area contributed by atoms with Crippen LogP contribution in [0.1, 0.15) is 198 Å². The first-order valence-electron chi connectivity index (χ1n) is 26.6. The maximum Gasteiger partial charge on any atom is 0.191 e. The van der Waals surface area contributed by atoms with Crippen molar-refractivity contribution in [2.24, 2.45) is 0 Å². The Morgan fingerprint density at radius 3 is 0.754 bits per heavy atom. The summed E-state index contributed by atoms with van der Waals surface area (Å²) in [6, 6.07) is 53.0. The van der Waals surface area contributed by atoms with Gasteiger partial charge in [0.1, 0.15) is 17.8 Å². The fourth-order valence-electron chi connectivity index (χ4n) is 4.92. The summed E-state index contributed by atoms with van der Waals surface area (Å²) in [5.41, 5.74) is 2.49.